The van der Waals surface area contributed by atoms with Crippen LogP contribution in [0, 0.1) is 6.92 Å². The number of fused-ring (bicyclic) bond motifs is 1. The first kappa shape index (κ1) is 12.7. The molecule has 1 fully saturated rings. The molecule has 0 atom stereocenters. The number of amides is 1. The van der Waals surface area contributed by atoms with Gasteiger partial charge in [-0.2, -0.15) is 5.10 Å². The van der Waals surface area contributed by atoms with Gasteiger partial charge in [0.05, 0.1) is 11.3 Å². The van der Waals surface area contributed by atoms with Crippen LogP contribution in [0.5, 0.6) is 0 Å². The van der Waals surface area contributed by atoms with Crippen LogP contribution in [0.25, 0.3) is 0 Å². The third kappa shape index (κ3) is 2.17. The number of nitrogens with zero attached hydrogens (tertiary/aromatic N) is 2. The third-order valence-corrected chi connectivity index (χ3v) is 4.68. The van der Waals surface area contributed by atoms with Crippen LogP contribution in [-0.4, -0.2) is 39.1 Å². The van der Waals surface area contributed by atoms with Gasteiger partial charge in [-0.25, -0.2) is 0 Å². The first-order chi connectivity index (χ1) is 10.2. The number of H-pyrrole nitrogens is 2. The van der Waals surface area contributed by atoms with Crippen LogP contribution < -0.4 is 0 Å². The van der Waals surface area contributed by atoms with E-state index < -0.39 is 0 Å². The predicted molar refractivity (Wildman–Crippen MR) is 79.4 cm³/mol. The highest BCUT2D eigenvalue weighted by molar-refractivity contribution is 5.95. The van der Waals surface area contributed by atoms with Gasteiger partial charge in [0.15, 0.2) is 0 Å². The van der Waals surface area contributed by atoms with E-state index >= 15 is 0 Å². The maximum absolute atomic E-state index is 12.6. The molecule has 2 aliphatic rings. The van der Waals surface area contributed by atoms with E-state index in [2.05, 4.69) is 15.2 Å². The van der Waals surface area contributed by atoms with Gasteiger partial charge in [0.2, 0.25) is 0 Å². The van der Waals surface area contributed by atoms with Gasteiger partial charge < -0.3 is 9.88 Å². The number of nitrogens with one attached hydrogen (secondary N) is 2. The van der Waals surface area contributed by atoms with Gasteiger partial charge in [0.25, 0.3) is 5.91 Å². The molecule has 2 aromatic heterocycles. The lowest BCUT2D eigenvalue weighted by atomic mass is 10.1. The molecule has 1 aliphatic heterocycles. The summed E-state index contributed by atoms with van der Waals surface area (Å²) < 4.78 is 0. The Kier molecular flexibility index (Phi) is 2.87. The van der Waals surface area contributed by atoms with E-state index in [1.54, 1.807) is 0 Å². The first-order valence-electron chi connectivity index (χ1n) is 7.73. The minimum atomic E-state index is 0.139. The van der Waals surface area contributed by atoms with Crippen LogP contribution in [0.15, 0.2) is 12.3 Å². The number of carbonyl (C=O) groups is 1. The molecule has 3 heterocycles. The van der Waals surface area contributed by atoms with Crippen molar-refractivity contribution in [2.75, 3.05) is 13.1 Å². The van der Waals surface area contributed by atoms with Crippen LogP contribution in [0.4, 0.5) is 0 Å². The Morgan fingerprint density at radius 2 is 2.14 bits per heavy atom. The van der Waals surface area contributed by atoms with E-state index in [1.807, 2.05) is 24.1 Å². The fourth-order valence-corrected chi connectivity index (χ4v) is 3.26. The smallest absolute Gasteiger partial charge is 0.255 e. The maximum Gasteiger partial charge on any atom is 0.255 e. The van der Waals surface area contributed by atoms with E-state index in [0.717, 1.165) is 37.2 Å². The molecule has 5 nitrogen and oxygen atoms in total. The number of aromatic nitrogens is 3. The van der Waals surface area contributed by atoms with Crippen molar-refractivity contribution in [1.29, 1.82) is 0 Å². The lowest BCUT2D eigenvalue weighted by molar-refractivity contribution is 0.0762. The average Bonchev–Trinajstić information content (AvgIpc) is 3.18. The van der Waals surface area contributed by atoms with Gasteiger partial charge in [-0.05, 0) is 37.8 Å². The molecule has 2 N–H and O–H groups in total. The second-order valence-electron chi connectivity index (χ2n) is 6.15. The van der Waals surface area contributed by atoms with Crippen molar-refractivity contribution in [2.24, 2.45) is 0 Å². The summed E-state index contributed by atoms with van der Waals surface area (Å²) in [5.41, 5.74) is 5.61. The Morgan fingerprint density at radius 1 is 1.33 bits per heavy atom. The monoisotopic (exact) mass is 284 g/mol. The largest absolute Gasteiger partial charge is 0.365 e. The van der Waals surface area contributed by atoms with Crippen molar-refractivity contribution in [2.45, 2.75) is 38.5 Å². The molecule has 0 bridgehead atoms. The number of rotatable bonds is 2. The SMILES string of the molecule is Cc1[nH]ccc1C(=O)N1CCc2[nH]nc(C3CC3)c2CC1. The highest BCUT2D eigenvalue weighted by atomic mass is 16.2. The summed E-state index contributed by atoms with van der Waals surface area (Å²) in [4.78, 5) is 17.7. The van der Waals surface area contributed by atoms with Crippen LogP contribution >= 0.6 is 0 Å². The van der Waals surface area contributed by atoms with Crippen molar-refractivity contribution < 1.29 is 4.79 Å². The quantitative estimate of drug-likeness (QED) is 0.887. The summed E-state index contributed by atoms with van der Waals surface area (Å²) in [6.07, 6.45) is 6.17. The predicted octanol–water partition coefficient (Wildman–Crippen LogP) is 2.16. The summed E-state index contributed by atoms with van der Waals surface area (Å²) in [6.45, 7) is 3.50. The summed E-state index contributed by atoms with van der Waals surface area (Å²) >= 11 is 0. The molecule has 0 saturated heterocycles. The maximum atomic E-state index is 12.6. The molecule has 0 spiro atoms. The molecule has 0 aromatic carbocycles. The average molecular weight is 284 g/mol. The van der Waals surface area contributed by atoms with E-state index in [-0.39, 0.29) is 5.91 Å². The topological polar surface area (TPSA) is 64.8 Å². The summed E-state index contributed by atoms with van der Waals surface area (Å²) in [5, 5.41) is 7.70. The third-order valence-electron chi connectivity index (χ3n) is 4.68. The number of aromatic amines is 2. The standard InChI is InChI=1S/C16H20N4O/c1-10-12(4-7-17-10)16(21)20-8-5-13-14(6-9-20)18-19-15(13)11-2-3-11/h4,7,11,17H,2-3,5-6,8-9H2,1H3,(H,18,19). The van der Waals surface area contributed by atoms with Crippen molar-refractivity contribution in [1.82, 2.24) is 20.1 Å². The number of aryl methyl sites for hydroxylation is 1. The summed E-state index contributed by atoms with van der Waals surface area (Å²) in [7, 11) is 0. The zero-order valence-electron chi connectivity index (χ0n) is 12.3. The molecule has 1 aliphatic carbocycles. The Morgan fingerprint density at radius 3 is 2.86 bits per heavy atom. The van der Waals surface area contributed by atoms with Gasteiger partial charge >= 0.3 is 0 Å². The van der Waals surface area contributed by atoms with Gasteiger partial charge in [0.1, 0.15) is 0 Å². The Bertz CT molecular complexity index is 680. The zero-order chi connectivity index (χ0) is 14.4. The van der Waals surface area contributed by atoms with Gasteiger partial charge in [-0.1, -0.05) is 0 Å². The van der Waals surface area contributed by atoms with E-state index in [9.17, 15) is 4.79 Å². The molecular formula is C16H20N4O. The number of carbonyl (C=O) groups excluding carboxylic acids is 1. The Balaban J connectivity index is 1.54. The van der Waals surface area contributed by atoms with Crippen molar-refractivity contribution in [3.05, 3.63) is 40.5 Å². The number of hydrogen-bond donors (Lipinski definition) is 2. The fourth-order valence-electron chi connectivity index (χ4n) is 3.26. The normalized spacial score (nSPS) is 18.4. The molecule has 21 heavy (non-hydrogen) atoms. The zero-order valence-corrected chi connectivity index (χ0v) is 12.3. The molecule has 0 unspecified atom stereocenters. The van der Waals surface area contributed by atoms with E-state index in [4.69, 9.17) is 0 Å². The molecule has 4 rings (SSSR count). The lowest BCUT2D eigenvalue weighted by Crippen LogP contribution is -2.33. The van der Waals surface area contributed by atoms with Gasteiger partial charge in [-0.15, -0.1) is 0 Å². The summed E-state index contributed by atoms with van der Waals surface area (Å²) in [6, 6.07) is 1.87. The van der Waals surface area contributed by atoms with Crippen LogP contribution in [0.2, 0.25) is 0 Å². The molecular weight excluding hydrogens is 264 g/mol. The van der Waals surface area contributed by atoms with Gasteiger partial charge in [-0.3, -0.25) is 9.89 Å². The van der Waals surface area contributed by atoms with E-state index in [0.29, 0.717) is 5.92 Å². The molecule has 2 aromatic rings. The fraction of sp³-hybridized carbons (Fsp3) is 0.500. The Labute approximate surface area is 123 Å². The first-order valence-corrected chi connectivity index (χ1v) is 7.73. The summed E-state index contributed by atoms with van der Waals surface area (Å²) in [5.74, 6) is 0.805. The second-order valence-corrected chi connectivity index (χ2v) is 6.15. The van der Waals surface area contributed by atoms with E-state index in [1.165, 1.54) is 29.8 Å². The molecule has 1 amide bonds. The highest BCUT2D eigenvalue weighted by Gasteiger charge is 2.31. The molecule has 0 radical (unpaired) electrons. The molecule has 1 saturated carbocycles. The van der Waals surface area contributed by atoms with Crippen LogP contribution in [0.1, 0.15) is 51.8 Å². The van der Waals surface area contributed by atoms with Crippen molar-refractivity contribution >= 4 is 5.91 Å². The molecule has 110 valence electrons. The van der Waals surface area contributed by atoms with Crippen LogP contribution in [0.3, 0.4) is 0 Å². The highest BCUT2D eigenvalue weighted by Crippen LogP contribution is 2.41. The minimum absolute atomic E-state index is 0.139. The second kappa shape index (κ2) is 4.76. The lowest BCUT2D eigenvalue weighted by Gasteiger charge is -2.20. The van der Waals surface area contributed by atoms with Crippen molar-refractivity contribution in [3.63, 3.8) is 0 Å². The number of hydrogen-bond acceptors (Lipinski definition) is 2. The van der Waals surface area contributed by atoms with Crippen molar-refractivity contribution in [3.8, 4) is 0 Å². The minimum Gasteiger partial charge on any atom is -0.365 e. The van der Waals surface area contributed by atoms with Gasteiger partial charge in [0, 0.05) is 43.0 Å². The molecule has 5 heteroatoms. The Hall–Kier alpha value is -2.04. The van der Waals surface area contributed by atoms with Crippen LogP contribution in [-0.2, 0) is 12.8 Å².